The van der Waals surface area contributed by atoms with E-state index in [1.807, 2.05) is 6.07 Å². The molecule has 0 atom stereocenters. The largest absolute Gasteiger partial charge is 0.380 e. The lowest BCUT2D eigenvalue weighted by molar-refractivity contribution is 0.626. The van der Waals surface area contributed by atoms with Crippen molar-refractivity contribution in [1.82, 2.24) is 0 Å². The highest BCUT2D eigenvalue weighted by atomic mass is 79.9. The van der Waals surface area contributed by atoms with Gasteiger partial charge in [-0.25, -0.2) is 4.39 Å². The maximum atomic E-state index is 13.0. The van der Waals surface area contributed by atoms with Crippen LogP contribution in [0.25, 0.3) is 0 Å². The first-order chi connectivity index (χ1) is 9.10. The number of nitrogens with zero attached hydrogens (tertiary/aromatic N) is 1. The minimum Gasteiger partial charge on any atom is -0.380 e. The molecule has 0 unspecified atom stereocenters. The molecule has 0 aliphatic carbocycles. The summed E-state index contributed by atoms with van der Waals surface area (Å²) in [5.41, 5.74) is 2.16. The van der Waals surface area contributed by atoms with Crippen molar-refractivity contribution in [1.29, 1.82) is 5.26 Å². The summed E-state index contributed by atoms with van der Waals surface area (Å²) < 4.78 is 13.7. The molecule has 0 amide bonds. The van der Waals surface area contributed by atoms with E-state index in [9.17, 15) is 4.39 Å². The molecule has 2 aromatic carbocycles. The number of nitriles is 1. The fourth-order valence-electron chi connectivity index (χ4n) is 1.58. The predicted molar refractivity (Wildman–Crippen MR) is 77.6 cm³/mol. The molecule has 0 aromatic heterocycles. The molecule has 0 aliphatic heterocycles. The molecule has 0 fully saturated rings. The van der Waals surface area contributed by atoms with E-state index in [0.717, 1.165) is 11.3 Å². The lowest BCUT2D eigenvalue weighted by atomic mass is 10.2. The maximum Gasteiger partial charge on any atom is 0.124 e. The van der Waals surface area contributed by atoms with Crippen molar-refractivity contribution in [3.63, 3.8) is 0 Å². The van der Waals surface area contributed by atoms with E-state index in [-0.39, 0.29) is 5.82 Å². The molecule has 0 spiro atoms. The van der Waals surface area contributed by atoms with E-state index in [4.69, 9.17) is 16.9 Å². The smallest absolute Gasteiger partial charge is 0.124 e. The van der Waals surface area contributed by atoms with Crippen LogP contribution in [-0.2, 0) is 6.54 Å². The first-order valence-corrected chi connectivity index (χ1v) is 6.64. The zero-order chi connectivity index (χ0) is 13.8. The van der Waals surface area contributed by atoms with Gasteiger partial charge in [0.05, 0.1) is 22.3 Å². The van der Waals surface area contributed by atoms with Gasteiger partial charge in [0.15, 0.2) is 0 Å². The monoisotopic (exact) mass is 338 g/mol. The van der Waals surface area contributed by atoms with Crippen LogP contribution in [0.5, 0.6) is 0 Å². The Morgan fingerprint density at radius 2 is 2.05 bits per heavy atom. The van der Waals surface area contributed by atoms with Crippen molar-refractivity contribution in [3.8, 4) is 6.07 Å². The molecule has 1 N–H and O–H groups in total. The Morgan fingerprint density at radius 1 is 1.26 bits per heavy atom. The first-order valence-electron chi connectivity index (χ1n) is 5.47. The number of rotatable bonds is 3. The second-order valence-corrected chi connectivity index (χ2v) is 5.16. The zero-order valence-corrected chi connectivity index (χ0v) is 12.1. The average molecular weight is 340 g/mol. The summed E-state index contributed by atoms with van der Waals surface area (Å²) in [5.74, 6) is -0.285. The van der Waals surface area contributed by atoms with Gasteiger partial charge in [-0.05, 0) is 35.9 Å². The van der Waals surface area contributed by atoms with Crippen LogP contribution in [0.3, 0.4) is 0 Å². The van der Waals surface area contributed by atoms with Gasteiger partial charge < -0.3 is 5.32 Å². The molecule has 0 bridgehead atoms. The van der Waals surface area contributed by atoms with Crippen LogP contribution in [0.15, 0.2) is 40.9 Å². The van der Waals surface area contributed by atoms with Gasteiger partial charge in [0.25, 0.3) is 0 Å². The summed E-state index contributed by atoms with van der Waals surface area (Å²) in [6.07, 6.45) is 0. The fraction of sp³-hybridized carbons (Fsp3) is 0.0714. The zero-order valence-electron chi connectivity index (χ0n) is 9.75. The van der Waals surface area contributed by atoms with Gasteiger partial charge in [-0.1, -0.05) is 33.6 Å². The highest BCUT2D eigenvalue weighted by Gasteiger charge is 2.04. The standard InChI is InChI=1S/C14H9BrClFN2/c15-12-6-11(17)3-2-10(12)8-19-14-4-1-9(7-18)5-13(14)16/h1-6,19H,8H2. The van der Waals surface area contributed by atoms with Crippen molar-refractivity contribution in [2.45, 2.75) is 6.54 Å². The third kappa shape index (κ3) is 3.46. The van der Waals surface area contributed by atoms with Gasteiger partial charge in [-0.15, -0.1) is 0 Å². The minimum atomic E-state index is -0.285. The number of nitrogens with one attached hydrogen (secondary N) is 1. The molecule has 2 rings (SSSR count). The number of hydrogen-bond donors (Lipinski definition) is 1. The van der Waals surface area contributed by atoms with Crippen LogP contribution < -0.4 is 5.32 Å². The van der Waals surface area contributed by atoms with Crippen molar-refractivity contribution >= 4 is 33.2 Å². The molecule has 0 radical (unpaired) electrons. The van der Waals surface area contributed by atoms with Gasteiger partial charge in [-0.2, -0.15) is 5.26 Å². The molecule has 96 valence electrons. The Labute approximate surface area is 123 Å². The first kappa shape index (κ1) is 13.9. The highest BCUT2D eigenvalue weighted by molar-refractivity contribution is 9.10. The Morgan fingerprint density at radius 3 is 2.68 bits per heavy atom. The Balaban J connectivity index is 2.13. The lowest BCUT2D eigenvalue weighted by Gasteiger charge is -2.10. The highest BCUT2D eigenvalue weighted by Crippen LogP contribution is 2.25. The molecule has 5 heteroatoms. The molecular formula is C14H9BrClFN2. The van der Waals surface area contributed by atoms with Gasteiger partial charge in [0.2, 0.25) is 0 Å². The minimum absolute atomic E-state index is 0.285. The Kier molecular flexibility index (Phi) is 4.41. The summed E-state index contributed by atoms with van der Waals surface area (Å²) in [7, 11) is 0. The van der Waals surface area contributed by atoms with E-state index in [1.54, 1.807) is 24.3 Å². The van der Waals surface area contributed by atoms with Gasteiger partial charge in [0.1, 0.15) is 5.82 Å². The summed E-state index contributed by atoms with van der Waals surface area (Å²) in [6.45, 7) is 0.506. The van der Waals surface area contributed by atoms with E-state index in [1.165, 1.54) is 12.1 Å². The quantitative estimate of drug-likeness (QED) is 0.878. The topological polar surface area (TPSA) is 35.8 Å². The molecule has 0 saturated heterocycles. The SMILES string of the molecule is N#Cc1ccc(NCc2ccc(F)cc2Br)c(Cl)c1. The molecule has 2 nitrogen and oxygen atoms in total. The van der Waals surface area contributed by atoms with Gasteiger partial charge in [-0.3, -0.25) is 0 Å². The normalized spacial score (nSPS) is 10.0. The molecule has 19 heavy (non-hydrogen) atoms. The third-order valence-corrected chi connectivity index (χ3v) is 3.63. The average Bonchev–Trinajstić information content (AvgIpc) is 2.39. The molecule has 2 aromatic rings. The van der Waals surface area contributed by atoms with E-state index >= 15 is 0 Å². The number of halogens is 3. The van der Waals surface area contributed by atoms with Crippen LogP contribution in [0.4, 0.5) is 10.1 Å². The van der Waals surface area contributed by atoms with Crippen molar-refractivity contribution < 1.29 is 4.39 Å². The number of anilines is 1. The van der Waals surface area contributed by atoms with Crippen LogP contribution in [0.2, 0.25) is 5.02 Å². The van der Waals surface area contributed by atoms with E-state index in [0.29, 0.717) is 21.6 Å². The molecular weight excluding hydrogens is 331 g/mol. The third-order valence-electron chi connectivity index (χ3n) is 2.58. The lowest BCUT2D eigenvalue weighted by Crippen LogP contribution is -2.01. The number of benzene rings is 2. The van der Waals surface area contributed by atoms with Crippen molar-refractivity contribution in [2.24, 2.45) is 0 Å². The van der Waals surface area contributed by atoms with Crippen LogP contribution in [0, 0.1) is 17.1 Å². The van der Waals surface area contributed by atoms with E-state index < -0.39 is 0 Å². The fourth-order valence-corrected chi connectivity index (χ4v) is 2.32. The van der Waals surface area contributed by atoms with Crippen LogP contribution in [0.1, 0.15) is 11.1 Å². The van der Waals surface area contributed by atoms with E-state index in [2.05, 4.69) is 21.2 Å². The molecule has 0 saturated carbocycles. The Bertz CT molecular complexity index is 652. The summed E-state index contributed by atoms with van der Waals surface area (Å²) in [5, 5.41) is 12.4. The second-order valence-electron chi connectivity index (χ2n) is 3.90. The summed E-state index contributed by atoms with van der Waals surface area (Å²) >= 11 is 9.36. The van der Waals surface area contributed by atoms with Crippen molar-refractivity contribution in [2.75, 3.05) is 5.32 Å². The maximum absolute atomic E-state index is 13.0. The van der Waals surface area contributed by atoms with Gasteiger partial charge in [0, 0.05) is 11.0 Å². The summed E-state index contributed by atoms with van der Waals surface area (Å²) in [4.78, 5) is 0. The molecule has 0 aliphatic rings. The summed E-state index contributed by atoms with van der Waals surface area (Å²) in [6, 6.07) is 11.6. The Hall–Kier alpha value is -1.57. The predicted octanol–water partition coefficient (Wildman–Crippen LogP) is 4.73. The van der Waals surface area contributed by atoms with Crippen LogP contribution in [-0.4, -0.2) is 0 Å². The van der Waals surface area contributed by atoms with Crippen molar-refractivity contribution in [3.05, 3.63) is 62.8 Å². The molecule has 0 heterocycles. The van der Waals surface area contributed by atoms with Crippen LogP contribution >= 0.6 is 27.5 Å². The number of hydrogen-bond acceptors (Lipinski definition) is 2. The van der Waals surface area contributed by atoms with Gasteiger partial charge >= 0.3 is 0 Å². The second kappa shape index (κ2) is 6.05.